The van der Waals surface area contributed by atoms with E-state index in [0.29, 0.717) is 16.7 Å². The average molecular weight is 365 g/mol. The van der Waals surface area contributed by atoms with Crippen LogP contribution in [0.1, 0.15) is 27.0 Å². The molecule has 0 unspecified atom stereocenters. The molecule has 0 spiro atoms. The van der Waals surface area contributed by atoms with Gasteiger partial charge in [0.25, 0.3) is 11.8 Å². The first-order chi connectivity index (χ1) is 13.7. The van der Waals surface area contributed by atoms with E-state index in [0.717, 1.165) is 16.8 Å². The third-order valence-electron chi connectivity index (χ3n) is 4.42. The summed E-state index contributed by atoms with van der Waals surface area (Å²) >= 11 is 0. The molecule has 0 saturated carbocycles. The van der Waals surface area contributed by atoms with Gasteiger partial charge in [0.1, 0.15) is 0 Å². The van der Waals surface area contributed by atoms with E-state index in [4.69, 9.17) is 0 Å². The van der Waals surface area contributed by atoms with Gasteiger partial charge in [0.05, 0.1) is 5.57 Å². The van der Waals surface area contributed by atoms with Crippen molar-refractivity contribution in [2.24, 2.45) is 0 Å². The minimum Gasteiger partial charge on any atom is -0.361 e. The molecule has 0 saturated heterocycles. The molecule has 3 aromatic carbocycles. The van der Waals surface area contributed by atoms with Crippen LogP contribution in [0.3, 0.4) is 0 Å². The van der Waals surface area contributed by atoms with Crippen LogP contribution in [0.2, 0.25) is 0 Å². The lowest BCUT2D eigenvalue weighted by molar-refractivity contribution is -0.114. The number of carbonyl (C=O) groups is 2. The van der Waals surface area contributed by atoms with Crippen molar-refractivity contribution in [3.63, 3.8) is 0 Å². The number of rotatable bonds is 4. The molecule has 0 aliphatic carbocycles. The topological polar surface area (TPSA) is 58.2 Å². The van der Waals surface area contributed by atoms with Gasteiger partial charge < -0.3 is 5.32 Å². The number of carbonyl (C=O) groups excluding carboxylic acids is 2. The van der Waals surface area contributed by atoms with Crippen LogP contribution in [0.25, 0.3) is 17.7 Å². The van der Waals surface area contributed by atoms with Gasteiger partial charge in [0, 0.05) is 23.0 Å². The molecule has 0 aromatic heterocycles. The minimum atomic E-state index is -0.420. The zero-order chi connectivity index (χ0) is 19.3. The third-order valence-corrected chi connectivity index (χ3v) is 4.42. The molecule has 0 bridgehead atoms. The molecule has 3 aromatic rings. The van der Waals surface area contributed by atoms with Gasteiger partial charge >= 0.3 is 0 Å². The van der Waals surface area contributed by atoms with E-state index in [1.54, 1.807) is 24.4 Å². The molecule has 1 aliphatic rings. The number of fused-ring (bicyclic) bond motifs is 1. The third kappa shape index (κ3) is 3.76. The van der Waals surface area contributed by atoms with Gasteiger partial charge in [-0.1, -0.05) is 60.7 Å². The van der Waals surface area contributed by atoms with E-state index in [1.165, 1.54) is 0 Å². The summed E-state index contributed by atoms with van der Waals surface area (Å²) < 4.78 is 0. The molecule has 2 amide bonds. The molecule has 2 N–H and O–H groups in total. The van der Waals surface area contributed by atoms with Crippen molar-refractivity contribution >= 4 is 35.2 Å². The molecule has 4 rings (SSSR count). The van der Waals surface area contributed by atoms with Gasteiger partial charge in [-0.15, -0.1) is 0 Å². The maximum absolute atomic E-state index is 12.4. The highest BCUT2D eigenvalue weighted by Gasteiger charge is 2.27. The highest BCUT2D eigenvalue weighted by atomic mass is 16.2. The van der Waals surface area contributed by atoms with E-state index in [-0.39, 0.29) is 5.91 Å². The molecule has 1 heterocycles. The number of hydrogen-bond acceptors (Lipinski definition) is 3. The fraction of sp³-hybridized carbons (Fsp3) is 0. The Bertz CT molecular complexity index is 1080. The normalized spacial score (nSPS) is 14.8. The second-order valence-corrected chi connectivity index (χ2v) is 6.32. The van der Waals surface area contributed by atoms with Crippen molar-refractivity contribution in [2.45, 2.75) is 0 Å². The Morgan fingerprint density at radius 1 is 0.786 bits per heavy atom. The van der Waals surface area contributed by atoms with E-state index in [9.17, 15) is 9.59 Å². The minimum absolute atomic E-state index is 0.384. The van der Waals surface area contributed by atoms with Crippen LogP contribution < -0.4 is 10.6 Å². The van der Waals surface area contributed by atoms with Gasteiger partial charge in [-0.05, 0) is 41.5 Å². The zero-order valence-electron chi connectivity index (χ0n) is 15.0. The summed E-state index contributed by atoms with van der Waals surface area (Å²) in [6.45, 7) is 0. The van der Waals surface area contributed by atoms with Crippen molar-refractivity contribution in [1.82, 2.24) is 5.32 Å². The molecule has 1 aliphatic heterocycles. The number of hydrogen-bond donors (Lipinski definition) is 2. The molecule has 0 atom stereocenters. The van der Waals surface area contributed by atoms with Gasteiger partial charge in [0.15, 0.2) is 0 Å². The number of anilines is 1. The van der Waals surface area contributed by atoms with Crippen LogP contribution in [0.15, 0.2) is 79.0 Å². The van der Waals surface area contributed by atoms with Crippen molar-refractivity contribution in [3.8, 4) is 0 Å². The lowest BCUT2D eigenvalue weighted by atomic mass is 9.93. The Hall–Kier alpha value is -3.92. The van der Waals surface area contributed by atoms with E-state index in [1.807, 2.05) is 66.7 Å². The summed E-state index contributed by atoms with van der Waals surface area (Å²) in [5.41, 5.74) is 4.32. The van der Waals surface area contributed by atoms with Crippen molar-refractivity contribution < 1.29 is 9.59 Å². The fourth-order valence-electron chi connectivity index (χ4n) is 2.98. The predicted molar refractivity (Wildman–Crippen MR) is 111 cm³/mol. The first-order valence-electron chi connectivity index (χ1n) is 8.87. The summed E-state index contributed by atoms with van der Waals surface area (Å²) in [7, 11) is 0. The van der Waals surface area contributed by atoms with Crippen molar-refractivity contribution in [2.75, 3.05) is 5.32 Å². The van der Waals surface area contributed by atoms with Crippen molar-refractivity contribution in [1.29, 1.82) is 0 Å². The molecule has 0 fully saturated rings. The van der Waals surface area contributed by atoms with Crippen LogP contribution >= 0.6 is 0 Å². The number of amides is 2. The monoisotopic (exact) mass is 365 g/mol. The maximum Gasteiger partial charge on any atom is 0.260 e. The quantitative estimate of drug-likeness (QED) is 0.410. The number of nitrogens with one attached hydrogen (secondary N) is 2. The summed E-state index contributed by atoms with van der Waals surface area (Å²) in [5, 5.41) is 5.49. The Kier molecular flexibility index (Phi) is 4.85. The molecule has 135 valence electrons. The van der Waals surface area contributed by atoms with E-state index >= 15 is 0 Å². The fourth-order valence-corrected chi connectivity index (χ4v) is 2.98. The molecular weight excluding hydrogens is 348 g/mol. The Labute approximate surface area is 163 Å². The highest BCUT2D eigenvalue weighted by Crippen LogP contribution is 2.26. The smallest absolute Gasteiger partial charge is 0.260 e. The predicted octanol–water partition coefficient (Wildman–Crippen LogP) is 4.38. The Balaban J connectivity index is 1.69. The van der Waals surface area contributed by atoms with Crippen LogP contribution in [0, 0.1) is 6.07 Å². The Morgan fingerprint density at radius 2 is 1.54 bits per heavy atom. The molecule has 4 nitrogen and oxygen atoms in total. The second-order valence-electron chi connectivity index (χ2n) is 6.32. The van der Waals surface area contributed by atoms with Crippen LogP contribution in [-0.4, -0.2) is 11.8 Å². The standard InChI is InChI=1S/C24H17N2O2/c27-23-20-14-13-18(12-11-17-7-3-1-4-8-17)15-21(20)22(24(28)26-23)16-25-19-9-5-2-6-10-19/h1,3-16,25H,(H,26,27,28). The first kappa shape index (κ1) is 17.5. The summed E-state index contributed by atoms with van der Waals surface area (Å²) in [5.74, 6) is -0.804. The molecule has 28 heavy (non-hydrogen) atoms. The summed E-state index contributed by atoms with van der Waals surface area (Å²) in [4.78, 5) is 24.6. The summed E-state index contributed by atoms with van der Waals surface area (Å²) in [6.07, 6.45) is 5.58. The Morgan fingerprint density at radius 3 is 2.32 bits per heavy atom. The van der Waals surface area contributed by atoms with E-state index < -0.39 is 5.91 Å². The SMILES string of the molecule is O=C1NC(=O)c2ccc(C=Cc3ccccc3)cc2C1=CNc1cc[c]cc1. The van der Waals surface area contributed by atoms with Crippen LogP contribution in [0.5, 0.6) is 0 Å². The van der Waals surface area contributed by atoms with Crippen LogP contribution in [0.4, 0.5) is 5.69 Å². The molecular formula is C24H17N2O2. The van der Waals surface area contributed by atoms with Gasteiger partial charge in [-0.25, -0.2) is 0 Å². The zero-order valence-corrected chi connectivity index (χ0v) is 15.0. The van der Waals surface area contributed by atoms with Crippen molar-refractivity contribution in [3.05, 3.63) is 107 Å². The molecule has 1 radical (unpaired) electrons. The van der Waals surface area contributed by atoms with Gasteiger partial charge in [0.2, 0.25) is 0 Å². The largest absolute Gasteiger partial charge is 0.361 e. The maximum atomic E-state index is 12.4. The highest BCUT2D eigenvalue weighted by molar-refractivity contribution is 6.31. The van der Waals surface area contributed by atoms with Gasteiger partial charge in [-0.2, -0.15) is 0 Å². The lowest BCUT2D eigenvalue weighted by Crippen LogP contribution is -2.36. The lowest BCUT2D eigenvalue weighted by Gasteiger charge is -2.19. The van der Waals surface area contributed by atoms with E-state index in [2.05, 4.69) is 16.7 Å². The number of benzene rings is 3. The number of imide groups is 1. The summed E-state index contributed by atoms with van der Waals surface area (Å²) in [6, 6.07) is 25.6. The second kappa shape index (κ2) is 7.76. The van der Waals surface area contributed by atoms with Gasteiger partial charge in [-0.3, -0.25) is 14.9 Å². The van der Waals surface area contributed by atoms with Crippen LogP contribution in [-0.2, 0) is 4.79 Å². The average Bonchev–Trinajstić information content (AvgIpc) is 2.73. The first-order valence-corrected chi connectivity index (χ1v) is 8.87. The molecule has 4 heteroatoms.